The number of hydrogen-bond donors (Lipinski definition) is 2. The number of carbonyl (C=O) groups excluding carboxylic acids is 1. The van der Waals surface area contributed by atoms with Crippen molar-refractivity contribution < 1.29 is 13.2 Å². The Hall–Kier alpha value is -1.76. The Balaban J connectivity index is 2.21. The van der Waals surface area contributed by atoms with E-state index in [-0.39, 0.29) is 32.6 Å². The van der Waals surface area contributed by atoms with E-state index in [2.05, 4.69) is 10.0 Å². The number of anilines is 1. The highest BCUT2D eigenvalue weighted by molar-refractivity contribution is 7.92. The molecule has 26 heavy (non-hydrogen) atoms. The molecular weight excluding hydrogens is 395 g/mol. The maximum absolute atomic E-state index is 12.4. The standard InChI is InChI=1S/C18H20Cl2N2O3S/c1-4-18(2,3)21-17(23)15-10-7-13(11-16(15)20)22-26(24,25)14-8-5-12(19)6-9-14/h5-11,22H,4H2,1-3H3,(H,21,23). The molecule has 8 heteroatoms. The van der Waals surface area contributed by atoms with Gasteiger partial charge in [0.15, 0.2) is 0 Å². The van der Waals surface area contributed by atoms with E-state index < -0.39 is 10.0 Å². The number of sulfonamides is 1. The van der Waals surface area contributed by atoms with Gasteiger partial charge in [-0.3, -0.25) is 9.52 Å². The van der Waals surface area contributed by atoms with Gasteiger partial charge in [-0.25, -0.2) is 8.42 Å². The van der Waals surface area contributed by atoms with Crippen molar-refractivity contribution >= 4 is 44.8 Å². The van der Waals surface area contributed by atoms with Crippen LogP contribution in [0.3, 0.4) is 0 Å². The Kier molecular flexibility index (Phi) is 6.21. The average Bonchev–Trinajstić information content (AvgIpc) is 2.54. The maximum atomic E-state index is 12.4. The van der Waals surface area contributed by atoms with Crippen molar-refractivity contribution in [2.24, 2.45) is 0 Å². The molecule has 0 saturated carbocycles. The van der Waals surface area contributed by atoms with Crippen LogP contribution in [0, 0.1) is 0 Å². The largest absolute Gasteiger partial charge is 0.347 e. The van der Waals surface area contributed by atoms with Crippen molar-refractivity contribution in [2.45, 2.75) is 37.6 Å². The van der Waals surface area contributed by atoms with Gasteiger partial charge in [-0.2, -0.15) is 0 Å². The molecule has 0 atom stereocenters. The summed E-state index contributed by atoms with van der Waals surface area (Å²) in [6, 6.07) is 10.2. The van der Waals surface area contributed by atoms with Crippen molar-refractivity contribution in [3.63, 3.8) is 0 Å². The van der Waals surface area contributed by atoms with Crippen LogP contribution in [0.2, 0.25) is 10.0 Å². The lowest BCUT2D eigenvalue weighted by atomic mass is 10.0. The molecule has 0 saturated heterocycles. The number of benzene rings is 2. The Morgan fingerprint density at radius 3 is 2.23 bits per heavy atom. The zero-order valence-corrected chi connectivity index (χ0v) is 17.0. The van der Waals surface area contributed by atoms with Gasteiger partial charge in [-0.05, 0) is 62.7 Å². The van der Waals surface area contributed by atoms with Gasteiger partial charge >= 0.3 is 0 Å². The van der Waals surface area contributed by atoms with Crippen LogP contribution in [0.5, 0.6) is 0 Å². The molecule has 0 aromatic heterocycles. The topological polar surface area (TPSA) is 75.3 Å². The zero-order valence-electron chi connectivity index (χ0n) is 14.6. The van der Waals surface area contributed by atoms with Gasteiger partial charge in [-0.1, -0.05) is 30.1 Å². The third-order valence-electron chi connectivity index (χ3n) is 3.93. The number of nitrogens with one attached hydrogen (secondary N) is 2. The van der Waals surface area contributed by atoms with Crippen molar-refractivity contribution in [3.8, 4) is 0 Å². The molecule has 0 aliphatic carbocycles. The summed E-state index contributed by atoms with van der Waals surface area (Å²) in [5.41, 5.74) is 0.175. The van der Waals surface area contributed by atoms with Crippen LogP contribution < -0.4 is 10.0 Å². The van der Waals surface area contributed by atoms with E-state index in [1.54, 1.807) is 0 Å². The smallest absolute Gasteiger partial charge is 0.261 e. The Labute approximate surface area is 163 Å². The summed E-state index contributed by atoms with van der Waals surface area (Å²) < 4.78 is 27.2. The zero-order chi connectivity index (χ0) is 19.5. The molecule has 0 radical (unpaired) electrons. The third kappa shape index (κ3) is 5.13. The lowest BCUT2D eigenvalue weighted by Crippen LogP contribution is -2.42. The number of hydrogen-bond acceptors (Lipinski definition) is 3. The van der Waals surface area contributed by atoms with Crippen LogP contribution >= 0.6 is 23.2 Å². The highest BCUT2D eigenvalue weighted by Gasteiger charge is 2.21. The van der Waals surface area contributed by atoms with Crippen LogP contribution in [0.15, 0.2) is 47.4 Å². The fourth-order valence-electron chi connectivity index (χ4n) is 2.05. The normalized spacial score (nSPS) is 11.9. The van der Waals surface area contributed by atoms with E-state index in [0.29, 0.717) is 5.02 Å². The van der Waals surface area contributed by atoms with Gasteiger partial charge in [0.25, 0.3) is 15.9 Å². The minimum atomic E-state index is -3.78. The second-order valence-electron chi connectivity index (χ2n) is 6.45. The molecule has 0 unspecified atom stereocenters. The van der Waals surface area contributed by atoms with E-state index in [4.69, 9.17) is 23.2 Å². The molecule has 1 amide bonds. The molecule has 0 heterocycles. The van der Waals surface area contributed by atoms with E-state index in [1.165, 1.54) is 42.5 Å². The van der Waals surface area contributed by atoms with Gasteiger partial charge < -0.3 is 5.32 Å². The molecule has 2 N–H and O–H groups in total. The molecule has 0 fully saturated rings. The summed E-state index contributed by atoms with van der Waals surface area (Å²) >= 11 is 12.0. The Bertz CT molecular complexity index is 911. The molecule has 0 aliphatic heterocycles. The van der Waals surface area contributed by atoms with Crippen molar-refractivity contribution in [3.05, 3.63) is 58.1 Å². The summed E-state index contributed by atoms with van der Waals surface area (Å²) in [6.45, 7) is 5.79. The minimum absolute atomic E-state index is 0.0736. The predicted octanol–water partition coefficient (Wildman–Crippen LogP) is 4.71. The summed E-state index contributed by atoms with van der Waals surface area (Å²) in [5, 5.41) is 3.49. The van der Waals surface area contributed by atoms with Crippen molar-refractivity contribution in [1.82, 2.24) is 5.32 Å². The Morgan fingerprint density at radius 2 is 1.69 bits per heavy atom. The van der Waals surface area contributed by atoms with E-state index in [9.17, 15) is 13.2 Å². The van der Waals surface area contributed by atoms with Crippen LogP contribution in [0.25, 0.3) is 0 Å². The van der Waals surface area contributed by atoms with Gasteiger partial charge in [0, 0.05) is 10.6 Å². The van der Waals surface area contributed by atoms with E-state index in [0.717, 1.165) is 6.42 Å². The molecular formula is C18H20Cl2N2O3S. The number of halogens is 2. The van der Waals surface area contributed by atoms with Crippen molar-refractivity contribution in [2.75, 3.05) is 4.72 Å². The fraction of sp³-hybridized carbons (Fsp3) is 0.278. The first-order valence-corrected chi connectivity index (χ1v) is 10.2. The highest BCUT2D eigenvalue weighted by Crippen LogP contribution is 2.24. The van der Waals surface area contributed by atoms with Crippen LogP contribution in [0.4, 0.5) is 5.69 Å². The monoisotopic (exact) mass is 414 g/mol. The second-order valence-corrected chi connectivity index (χ2v) is 8.97. The molecule has 2 aromatic rings. The minimum Gasteiger partial charge on any atom is -0.347 e. The quantitative estimate of drug-likeness (QED) is 0.718. The molecule has 0 aliphatic rings. The van der Waals surface area contributed by atoms with Gasteiger partial charge in [0.2, 0.25) is 0 Å². The summed E-state index contributed by atoms with van der Waals surface area (Å²) in [5.74, 6) is -0.311. The first kappa shape index (κ1) is 20.6. The van der Waals surface area contributed by atoms with Gasteiger partial charge in [0.05, 0.1) is 21.2 Å². The molecule has 140 valence electrons. The van der Waals surface area contributed by atoms with Crippen LogP contribution in [-0.2, 0) is 10.0 Å². The van der Waals surface area contributed by atoms with Gasteiger partial charge in [-0.15, -0.1) is 0 Å². The molecule has 0 bridgehead atoms. The Morgan fingerprint density at radius 1 is 1.08 bits per heavy atom. The lowest BCUT2D eigenvalue weighted by Gasteiger charge is -2.24. The highest BCUT2D eigenvalue weighted by atomic mass is 35.5. The number of amides is 1. The first-order valence-electron chi connectivity index (χ1n) is 7.94. The fourth-order valence-corrected chi connectivity index (χ4v) is 3.50. The van der Waals surface area contributed by atoms with Crippen molar-refractivity contribution in [1.29, 1.82) is 0 Å². The molecule has 2 rings (SSSR count). The number of rotatable bonds is 6. The predicted molar refractivity (Wildman–Crippen MR) is 106 cm³/mol. The summed E-state index contributed by atoms with van der Waals surface area (Å²) in [4.78, 5) is 12.4. The van der Waals surface area contributed by atoms with Gasteiger partial charge in [0.1, 0.15) is 0 Å². The summed E-state index contributed by atoms with van der Waals surface area (Å²) in [7, 11) is -3.78. The number of carbonyl (C=O) groups is 1. The van der Waals surface area contributed by atoms with Crippen LogP contribution in [0.1, 0.15) is 37.6 Å². The molecule has 2 aromatic carbocycles. The van der Waals surface area contributed by atoms with E-state index >= 15 is 0 Å². The molecule has 0 spiro atoms. The molecule has 5 nitrogen and oxygen atoms in total. The maximum Gasteiger partial charge on any atom is 0.261 e. The lowest BCUT2D eigenvalue weighted by molar-refractivity contribution is 0.0911. The first-order chi connectivity index (χ1) is 12.0. The SMILES string of the molecule is CCC(C)(C)NC(=O)c1ccc(NS(=O)(=O)c2ccc(Cl)cc2)cc1Cl. The summed E-state index contributed by atoms with van der Waals surface area (Å²) in [6.07, 6.45) is 0.759. The second kappa shape index (κ2) is 7.86. The van der Waals surface area contributed by atoms with E-state index in [1.807, 2.05) is 20.8 Å². The third-order valence-corrected chi connectivity index (χ3v) is 5.89. The van der Waals surface area contributed by atoms with Crippen LogP contribution in [-0.4, -0.2) is 19.9 Å². The average molecular weight is 415 g/mol.